The van der Waals surface area contributed by atoms with Crippen LogP contribution in [0.3, 0.4) is 0 Å². The summed E-state index contributed by atoms with van der Waals surface area (Å²) in [5.74, 6) is 1.61. The van der Waals surface area contributed by atoms with Crippen LogP contribution in [-0.2, 0) is 7.05 Å². The Morgan fingerprint density at radius 2 is 2.25 bits per heavy atom. The van der Waals surface area contributed by atoms with Crippen molar-refractivity contribution >= 4 is 23.6 Å². The van der Waals surface area contributed by atoms with E-state index in [1.807, 2.05) is 42.1 Å². The highest BCUT2D eigenvalue weighted by Gasteiger charge is 2.11. The van der Waals surface area contributed by atoms with Gasteiger partial charge in [0.25, 0.3) is 0 Å². The van der Waals surface area contributed by atoms with Crippen LogP contribution in [0, 0.1) is 4.77 Å². The lowest BCUT2D eigenvalue weighted by Gasteiger charge is -2.01. The Morgan fingerprint density at radius 1 is 1.40 bits per heavy atom. The number of benzene rings is 1. The lowest BCUT2D eigenvalue weighted by molar-refractivity contribution is 0.415. The largest absolute Gasteiger partial charge is 0.497 e. The van der Waals surface area contributed by atoms with Crippen molar-refractivity contribution in [3.8, 4) is 27.0 Å². The van der Waals surface area contributed by atoms with Gasteiger partial charge in [0.05, 0.1) is 12.0 Å². The van der Waals surface area contributed by atoms with Gasteiger partial charge in [-0.15, -0.1) is 11.3 Å². The fourth-order valence-electron chi connectivity index (χ4n) is 1.83. The number of ether oxygens (including phenoxy) is 1. The number of methoxy groups -OCH3 is 1. The fourth-order valence-corrected chi connectivity index (χ4v) is 2.90. The van der Waals surface area contributed by atoms with Crippen LogP contribution in [0.1, 0.15) is 0 Å². The molecule has 0 saturated carbocycles. The first-order chi connectivity index (χ1) is 9.69. The van der Waals surface area contributed by atoms with E-state index in [-0.39, 0.29) is 0 Å². The Labute approximate surface area is 124 Å². The third kappa shape index (κ3) is 2.25. The zero-order valence-electron chi connectivity index (χ0n) is 11.0. The second-order valence-corrected chi connectivity index (χ2v) is 5.59. The van der Waals surface area contributed by atoms with Crippen LogP contribution in [0.4, 0.5) is 0 Å². The predicted molar refractivity (Wildman–Crippen MR) is 81.5 cm³/mol. The molecule has 3 rings (SSSR count). The van der Waals surface area contributed by atoms with Crippen LogP contribution in [0.2, 0.25) is 0 Å². The first kappa shape index (κ1) is 13.0. The van der Waals surface area contributed by atoms with E-state index in [4.69, 9.17) is 17.0 Å². The van der Waals surface area contributed by atoms with Crippen LogP contribution in [0.5, 0.6) is 5.75 Å². The molecule has 7 heteroatoms. The van der Waals surface area contributed by atoms with E-state index in [0.29, 0.717) is 4.77 Å². The average molecular weight is 304 g/mol. The number of aromatic amines is 1. The summed E-state index contributed by atoms with van der Waals surface area (Å²) in [5, 5.41) is 7.92. The highest BCUT2D eigenvalue weighted by molar-refractivity contribution is 7.71. The Hall–Kier alpha value is -1.99. The van der Waals surface area contributed by atoms with Crippen LogP contribution >= 0.6 is 23.6 Å². The van der Waals surface area contributed by atoms with Gasteiger partial charge in [-0.3, -0.25) is 5.10 Å². The van der Waals surface area contributed by atoms with E-state index in [0.717, 1.165) is 27.0 Å². The highest BCUT2D eigenvalue weighted by atomic mass is 32.1. The summed E-state index contributed by atoms with van der Waals surface area (Å²) >= 11 is 6.69. The van der Waals surface area contributed by atoms with Crippen LogP contribution < -0.4 is 4.74 Å². The molecule has 0 atom stereocenters. The van der Waals surface area contributed by atoms with E-state index < -0.39 is 0 Å². The number of hydrogen-bond acceptors (Lipinski definition) is 5. The minimum absolute atomic E-state index is 0.594. The number of hydrogen-bond donors (Lipinski definition) is 1. The van der Waals surface area contributed by atoms with Gasteiger partial charge in [0.1, 0.15) is 10.8 Å². The van der Waals surface area contributed by atoms with E-state index in [2.05, 4.69) is 15.2 Å². The molecule has 0 bridgehead atoms. The monoisotopic (exact) mass is 304 g/mol. The summed E-state index contributed by atoms with van der Waals surface area (Å²) in [4.78, 5) is 5.42. The number of nitrogens with zero attached hydrogens (tertiary/aromatic N) is 3. The number of H-pyrrole nitrogens is 1. The Balaban J connectivity index is 2.01. The molecule has 0 amide bonds. The molecule has 0 spiro atoms. The topological polar surface area (TPSA) is 55.7 Å². The normalized spacial score (nSPS) is 10.7. The number of aromatic nitrogens is 4. The summed E-state index contributed by atoms with van der Waals surface area (Å²) in [5.41, 5.74) is 1.03. The van der Waals surface area contributed by atoms with Gasteiger partial charge in [-0.1, -0.05) is 12.1 Å². The minimum Gasteiger partial charge on any atom is -0.497 e. The highest BCUT2D eigenvalue weighted by Crippen LogP contribution is 2.32. The molecule has 0 aliphatic rings. The first-order valence-corrected chi connectivity index (χ1v) is 7.13. The van der Waals surface area contributed by atoms with E-state index in [1.165, 1.54) is 0 Å². The molecule has 0 fully saturated rings. The minimum atomic E-state index is 0.594. The molecule has 0 saturated heterocycles. The van der Waals surface area contributed by atoms with E-state index in [1.54, 1.807) is 18.4 Å². The zero-order chi connectivity index (χ0) is 14.1. The van der Waals surface area contributed by atoms with Gasteiger partial charge in [-0.2, -0.15) is 5.10 Å². The van der Waals surface area contributed by atoms with Gasteiger partial charge in [0, 0.05) is 18.8 Å². The third-order valence-electron chi connectivity index (χ3n) is 2.92. The SMILES string of the molecule is COc1cccc(-c2ncc(-c3n[nH]c(=S)n3C)s2)c1. The summed E-state index contributed by atoms with van der Waals surface area (Å²) in [7, 11) is 3.54. The van der Waals surface area contributed by atoms with Crippen LogP contribution in [0.15, 0.2) is 30.5 Å². The molecular weight excluding hydrogens is 292 g/mol. The summed E-state index contributed by atoms with van der Waals surface area (Å²) < 4.78 is 7.66. The van der Waals surface area contributed by atoms with Gasteiger partial charge in [0.2, 0.25) is 0 Å². The zero-order valence-corrected chi connectivity index (χ0v) is 12.6. The molecule has 1 N–H and O–H groups in total. The molecule has 0 unspecified atom stereocenters. The maximum absolute atomic E-state index is 5.23. The van der Waals surface area contributed by atoms with Gasteiger partial charge >= 0.3 is 0 Å². The molecular formula is C13H12N4OS2. The lowest BCUT2D eigenvalue weighted by Crippen LogP contribution is -1.89. The predicted octanol–water partition coefficient (Wildman–Crippen LogP) is 3.28. The summed E-state index contributed by atoms with van der Waals surface area (Å²) in [6, 6.07) is 7.83. The maximum atomic E-state index is 5.23. The lowest BCUT2D eigenvalue weighted by atomic mass is 10.2. The van der Waals surface area contributed by atoms with Gasteiger partial charge < -0.3 is 9.30 Å². The first-order valence-electron chi connectivity index (χ1n) is 5.91. The van der Waals surface area contributed by atoms with Crippen LogP contribution in [-0.4, -0.2) is 26.9 Å². The smallest absolute Gasteiger partial charge is 0.195 e. The summed E-state index contributed by atoms with van der Waals surface area (Å²) in [6.07, 6.45) is 1.81. The Bertz CT molecular complexity index is 803. The van der Waals surface area contributed by atoms with Gasteiger partial charge in [-0.05, 0) is 24.4 Å². The Morgan fingerprint density at radius 3 is 2.95 bits per heavy atom. The van der Waals surface area contributed by atoms with Crippen molar-refractivity contribution in [3.05, 3.63) is 35.2 Å². The number of thiazole rings is 1. The standard InChI is InChI=1S/C13H12N4OS2/c1-17-11(15-16-13(17)19)10-7-14-12(20-10)8-4-3-5-9(6-8)18-2/h3-7H,1-2H3,(H,16,19). The summed E-state index contributed by atoms with van der Waals surface area (Å²) in [6.45, 7) is 0. The van der Waals surface area contributed by atoms with E-state index >= 15 is 0 Å². The Kier molecular flexibility index (Phi) is 3.37. The van der Waals surface area contributed by atoms with E-state index in [9.17, 15) is 0 Å². The molecule has 2 heterocycles. The molecule has 102 valence electrons. The maximum Gasteiger partial charge on any atom is 0.195 e. The van der Waals surface area contributed by atoms with Crippen molar-refractivity contribution in [1.29, 1.82) is 0 Å². The van der Waals surface area contributed by atoms with Crippen molar-refractivity contribution in [1.82, 2.24) is 19.7 Å². The molecule has 1 aromatic carbocycles. The fraction of sp³-hybridized carbons (Fsp3) is 0.154. The van der Waals surface area contributed by atoms with Crippen molar-refractivity contribution in [2.24, 2.45) is 7.05 Å². The number of nitrogens with one attached hydrogen (secondary N) is 1. The van der Waals surface area contributed by atoms with Crippen LogP contribution in [0.25, 0.3) is 21.3 Å². The van der Waals surface area contributed by atoms with Crippen molar-refractivity contribution in [2.45, 2.75) is 0 Å². The molecule has 2 aromatic heterocycles. The quantitative estimate of drug-likeness (QED) is 0.755. The van der Waals surface area contributed by atoms with Crippen molar-refractivity contribution < 1.29 is 4.74 Å². The number of rotatable bonds is 3. The second-order valence-electron chi connectivity index (χ2n) is 4.17. The van der Waals surface area contributed by atoms with Gasteiger partial charge in [0.15, 0.2) is 10.6 Å². The molecule has 5 nitrogen and oxygen atoms in total. The molecule has 20 heavy (non-hydrogen) atoms. The van der Waals surface area contributed by atoms with Crippen molar-refractivity contribution in [2.75, 3.05) is 7.11 Å². The van der Waals surface area contributed by atoms with Crippen molar-refractivity contribution in [3.63, 3.8) is 0 Å². The molecule has 0 aliphatic heterocycles. The van der Waals surface area contributed by atoms with Gasteiger partial charge in [-0.25, -0.2) is 4.98 Å². The second kappa shape index (κ2) is 5.18. The molecule has 3 aromatic rings. The third-order valence-corrected chi connectivity index (χ3v) is 4.33. The molecule has 0 radical (unpaired) electrons. The average Bonchev–Trinajstić information content (AvgIpc) is 3.07. The molecule has 0 aliphatic carbocycles.